The zero-order chi connectivity index (χ0) is 16.1. The monoisotopic (exact) mass is 314 g/mol. The van der Waals surface area contributed by atoms with Crippen molar-refractivity contribution in [3.05, 3.63) is 12.7 Å². The Kier molecular flexibility index (Phi) is 3.25. The predicted octanol–water partition coefficient (Wildman–Crippen LogP) is 1.46. The number of piperidine rings is 1. The number of hydrogen-bond acceptors (Lipinski definition) is 5. The number of nitrogens with zero attached hydrogens (tertiary/aromatic N) is 6. The summed E-state index contributed by atoms with van der Waals surface area (Å²) in [7, 11) is 5.85. The number of amides is 1. The van der Waals surface area contributed by atoms with Crippen LogP contribution < -0.4 is 4.90 Å². The lowest BCUT2D eigenvalue weighted by molar-refractivity contribution is -0.140. The molecule has 1 aliphatic carbocycles. The number of hydrogen-bond donors (Lipinski definition) is 0. The Morgan fingerprint density at radius 1 is 1.17 bits per heavy atom. The van der Waals surface area contributed by atoms with Crippen LogP contribution in [0.2, 0.25) is 0 Å². The van der Waals surface area contributed by atoms with Gasteiger partial charge in [-0.15, -0.1) is 0 Å². The second-order valence-corrected chi connectivity index (χ2v) is 6.94. The fourth-order valence-corrected chi connectivity index (χ4v) is 4.13. The summed E-state index contributed by atoms with van der Waals surface area (Å²) in [5.41, 5.74) is 1.68. The van der Waals surface area contributed by atoms with Gasteiger partial charge in [-0.2, -0.15) is 0 Å². The van der Waals surface area contributed by atoms with Crippen molar-refractivity contribution in [2.24, 2.45) is 5.92 Å². The van der Waals surface area contributed by atoms with Crippen molar-refractivity contribution in [2.45, 2.75) is 37.8 Å². The van der Waals surface area contributed by atoms with Crippen LogP contribution in [0.5, 0.6) is 0 Å². The lowest BCUT2D eigenvalue weighted by Crippen LogP contribution is -2.50. The van der Waals surface area contributed by atoms with E-state index in [0.717, 1.165) is 36.2 Å². The standard InChI is InChI=1S/C16H22N6O/c1-20(2)15-14-16(18-8-17-15)22(9-19-14)11-5-4-10-6-12(11)21(3)13(23)7-10/h8-12H,4-7H2,1-3H3/t10-,11-,12+/m1/s1. The van der Waals surface area contributed by atoms with Crippen molar-refractivity contribution in [3.8, 4) is 0 Å². The molecule has 7 heteroatoms. The molecule has 1 amide bonds. The molecule has 2 fully saturated rings. The molecule has 2 aliphatic rings. The lowest BCUT2D eigenvalue weighted by atomic mass is 9.76. The van der Waals surface area contributed by atoms with Crippen LogP contribution in [0.4, 0.5) is 5.82 Å². The molecular weight excluding hydrogens is 292 g/mol. The van der Waals surface area contributed by atoms with E-state index in [0.29, 0.717) is 12.3 Å². The first kappa shape index (κ1) is 14.4. The maximum atomic E-state index is 12.2. The van der Waals surface area contributed by atoms with Gasteiger partial charge in [0, 0.05) is 27.6 Å². The molecule has 2 aromatic rings. The van der Waals surface area contributed by atoms with Gasteiger partial charge in [0.2, 0.25) is 5.91 Å². The van der Waals surface area contributed by atoms with Crippen molar-refractivity contribution in [3.63, 3.8) is 0 Å². The third-order valence-corrected chi connectivity index (χ3v) is 5.36. The van der Waals surface area contributed by atoms with E-state index in [4.69, 9.17) is 0 Å². The summed E-state index contributed by atoms with van der Waals surface area (Å²) in [5, 5.41) is 0. The Morgan fingerprint density at radius 3 is 2.78 bits per heavy atom. The molecule has 0 N–H and O–H groups in total. The Bertz CT molecular complexity index is 754. The molecule has 4 rings (SSSR count). The van der Waals surface area contributed by atoms with Crippen LogP contribution in [0.3, 0.4) is 0 Å². The number of aromatic nitrogens is 4. The minimum atomic E-state index is 0.241. The summed E-state index contributed by atoms with van der Waals surface area (Å²) >= 11 is 0. The Labute approximate surface area is 135 Å². The van der Waals surface area contributed by atoms with Crippen LogP contribution in [0.1, 0.15) is 31.7 Å². The average Bonchev–Trinajstić information content (AvgIpc) is 2.96. The van der Waals surface area contributed by atoms with Crippen LogP contribution in [0.25, 0.3) is 11.2 Å². The minimum absolute atomic E-state index is 0.241. The van der Waals surface area contributed by atoms with Crippen molar-refractivity contribution in [1.29, 1.82) is 0 Å². The Morgan fingerprint density at radius 2 is 2.00 bits per heavy atom. The van der Waals surface area contributed by atoms with E-state index in [1.165, 1.54) is 0 Å². The molecular formula is C16H22N6O. The van der Waals surface area contributed by atoms with E-state index in [1.807, 2.05) is 37.3 Å². The maximum absolute atomic E-state index is 12.2. The molecule has 7 nitrogen and oxygen atoms in total. The van der Waals surface area contributed by atoms with Crippen LogP contribution in [-0.2, 0) is 4.79 Å². The number of likely N-dealkylation sites (N-methyl/N-ethyl adjacent to an activating group) is 1. The SMILES string of the molecule is CN(C)c1ncnc2c1ncn2[C@@H]1CC[C@H]2CC(=O)N(C)[C@H]1C2. The van der Waals surface area contributed by atoms with Gasteiger partial charge in [-0.3, -0.25) is 4.79 Å². The third-order valence-electron chi connectivity index (χ3n) is 5.36. The number of likely N-dealkylation sites (tertiary alicyclic amines) is 1. The number of carbonyl (C=O) groups excluding carboxylic acids is 1. The average molecular weight is 314 g/mol. The molecule has 0 spiro atoms. The smallest absolute Gasteiger partial charge is 0.222 e. The zero-order valence-electron chi connectivity index (χ0n) is 13.8. The van der Waals surface area contributed by atoms with Crippen molar-refractivity contribution in [1.82, 2.24) is 24.4 Å². The van der Waals surface area contributed by atoms with Crippen LogP contribution in [-0.4, -0.2) is 57.5 Å². The fraction of sp³-hybridized carbons (Fsp3) is 0.625. The molecule has 0 unspecified atom stereocenters. The molecule has 2 bridgehead atoms. The summed E-state index contributed by atoms with van der Waals surface area (Å²) in [6.45, 7) is 0. The summed E-state index contributed by atoms with van der Waals surface area (Å²) in [6.07, 6.45) is 7.42. The quantitative estimate of drug-likeness (QED) is 0.839. The van der Waals surface area contributed by atoms with Gasteiger partial charge in [0.05, 0.1) is 18.4 Å². The van der Waals surface area contributed by atoms with Crippen molar-refractivity contribution >= 4 is 22.9 Å². The summed E-state index contributed by atoms with van der Waals surface area (Å²) in [4.78, 5) is 29.4. The highest BCUT2D eigenvalue weighted by molar-refractivity contribution is 5.83. The predicted molar refractivity (Wildman–Crippen MR) is 87.2 cm³/mol. The molecule has 1 saturated carbocycles. The van der Waals surface area contributed by atoms with E-state index in [-0.39, 0.29) is 18.0 Å². The minimum Gasteiger partial charge on any atom is -0.361 e. The molecule has 122 valence electrons. The topological polar surface area (TPSA) is 67.2 Å². The van der Waals surface area contributed by atoms with Crippen molar-refractivity contribution in [2.75, 3.05) is 26.0 Å². The molecule has 23 heavy (non-hydrogen) atoms. The van der Waals surface area contributed by atoms with E-state index in [1.54, 1.807) is 6.33 Å². The number of fused-ring (bicyclic) bond motifs is 3. The first-order valence-electron chi connectivity index (χ1n) is 8.16. The highest BCUT2D eigenvalue weighted by Crippen LogP contribution is 2.41. The first-order valence-corrected chi connectivity index (χ1v) is 8.16. The van der Waals surface area contributed by atoms with Crippen LogP contribution in [0, 0.1) is 5.92 Å². The molecule has 3 heterocycles. The number of rotatable bonds is 2. The Hall–Kier alpha value is -2.18. The number of carbonyl (C=O) groups is 1. The molecule has 3 atom stereocenters. The fourth-order valence-electron chi connectivity index (χ4n) is 4.13. The summed E-state index contributed by atoms with van der Waals surface area (Å²) in [5.74, 6) is 1.64. The van der Waals surface area contributed by atoms with Crippen LogP contribution in [0.15, 0.2) is 12.7 Å². The van der Waals surface area contributed by atoms with Gasteiger partial charge >= 0.3 is 0 Å². The maximum Gasteiger partial charge on any atom is 0.222 e. The second-order valence-electron chi connectivity index (χ2n) is 6.94. The highest BCUT2D eigenvalue weighted by atomic mass is 16.2. The van der Waals surface area contributed by atoms with Crippen molar-refractivity contribution < 1.29 is 4.79 Å². The third kappa shape index (κ3) is 2.17. The largest absolute Gasteiger partial charge is 0.361 e. The van der Waals surface area contributed by atoms with Gasteiger partial charge in [0.15, 0.2) is 17.0 Å². The van der Waals surface area contributed by atoms with Gasteiger partial charge < -0.3 is 14.4 Å². The van der Waals surface area contributed by atoms with E-state index >= 15 is 0 Å². The molecule has 2 aromatic heterocycles. The van der Waals surface area contributed by atoms with Gasteiger partial charge in [-0.25, -0.2) is 15.0 Å². The first-order chi connectivity index (χ1) is 11.1. The van der Waals surface area contributed by atoms with Crippen LogP contribution >= 0.6 is 0 Å². The lowest BCUT2D eigenvalue weighted by Gasteiger charge is -2.45. The van der Waals surface area contributed by atoms with E-state index in [9.17, 15) is 4.79 Å². The van der Waals surface area contributed by atoms with E-state index in [2.05, 4.69) is 19.5 Å². The van der Waals surface area contributed by atoms with Gasteiger partial charge in [-0.05, 0) is 25.2 Å². The number of imidazole rings is 1. The van der Waals surface area contributed by atoms with Gasteiger partial charge in [0.25, 0.3) is 0 Å². The molecule has 1 saturated heterocycles. The summed E-state index contributed by atoms with van der Waals surface area (Å²) < 4.78 is 2.15. The highest BCUT2D eigenvalue weighted by Gasteiger charge is 2.41. The van der Waals surface area contributed by atoms with Gasteiger partial charge in [-0.1, -0.05) is 0 Å². The zero-order valence-corrected chi connectivity index (χ0v) is 13.8. The Balaban J connectivity index is 1.77. The van der Waals surface area contributed by atoms with Gasteiger partial charge in [0.1, 0.15) is 6.33 Å². The summed E-state index contributed by atoms with van der Waals surface area (Å²) in [6, 6.07) is 0.487. The second kappa shape index (κ2) is 5.18. The van der Waals surface area contributed by atoms with E-state index < -0.39 is 0 Å². The normalized spacial score (nSPS) is 27.5. The number of anilines is 1. The molecule has 0 radical (unpaired) electrons. The molecule has 0 aromatic carbocycles. The molecule has 1 aliphatic heterocycles.